The molecule has 1 aliphatic heterocycles. The second-order valence-electron chi connectivity index (χ2n) is 6.15. The molecule has 2 atom stereocenters. The molecule has 2 heterocycles. The van der Waals surface area contributed by atoms with Gasteiger partial charge in [0.15, 0.2) is 0 Å². The molecule has 0 saturated carbocycles. The minimum absolute atomic E-state index is 0.120. The second kappa shape index (κ2) is 8.50. The minimum atomic E-state index is -0.120. The van der Waals surface area contributed by atoms with E-state index in [0.717, 1.165) is 19.5 Å². The van der Waals surface area contributed by atoms with Gasteiger partial charge in [-0.1, -0.05) is 6.92 Å². The van der Waals surface area contributed by atoms with Crippen molar-refractivity contribution in [2.45, 2.75) is 39.3 Å². The van der Waals surface area contributed by atoms with Gasteiger partial charge in [-0.3, -0.25) is 4.90 Å². The number of aliphatic hydroxyl groups excluding tert-OH is 1. The normalized spacial score (nSPS) is 17.6. The van der Waals surface area contributed by atoms with Gasteiger partial charge in [0.05, 0.1) is 0 Å². The van der Waals surface area contributed by atoms with Crippen molar-refractivity contribution in [3.63, 3.8) is 0 Å². The Morgan fingerprint density at radius 2 is 2.18 bits per heavy atom. The maximum atomic E-state index is 11.8. The van der Waals surface area contributed by atoms with E-state index in [1.54, 1.807) is 0 Å². The van der Waals surface area contributed by atoms with E-state index in [1.807, 2.05) is 18.3 Å². The van der Waals surface area contributed by atoms with Crippen LogP contribution < -0.4 is 10.6 Å². The van der Waals surface area contributed by atoms with Gasteiger partial charge in [-0.05, 0) is 42.7 Å². The SMILES string of the molecule is CC(CCO)CNC(=O)NCC(C)N1CCc2sccc2C1. The summed E-state index contributed by atoms with van der Waals surface area (Å²) in [5, 5.41) is 16.8. The molecule has 6 heteroatoms. The van der Waals surface area contributed by atoms with Gasteiger partial charge in [-0.2, -0.15) is 0 Å². The van der Waals surface area contributed by atoms with Crippen molar-refractivity contribution in [3.8, 4) is 0 Å². The number of nitrogens with zero attached hydrogens (tertiary/aromatic N) is 1. The van der Waals surface area contributed by atoms with Crippen LogP contribution >= 0.6 is 11.3 Å². The Kier molecular flexibility index (Phi) is 6.67. The van der Waals surface area contributed by atoms with Crippen LogP contribution in [0.4, 0.5) is 4.79 Å². The Morgan fingerprint density at radius 3 is 2.95 bits per heavy atom. The number of nitrogens with one attached hydrogen (secondary N) is 2. The molecule has 5 nitrogen and oxygen atoms in total. The van der Waals surface area contributed by atoms with Gasteiger partial charge in [0.1, 0.15) is 0 Å². The highest BCUT2D eigenvalue weighted by molar-refractivity contribution is 7.10. The number of carbonyl (C=O) groups excluding carboxylic acids is 1. The predicted molar refractivity (Wildman–Crippen MR) is 90.2 cm³/mol. The molecule has 0 radical (unpaired) electrons. The summed E-state index contributed by atoms with van der Waals surface area (Å²) in [6.07, 6.45) is 1.83. The maximum absolute atomic E-state index is 11.8. The van der Waals surface area contributed by atoms with E-state index in [9.17, 15) is 4.79 Å². The summed E-state index contributed by atoms with van der Waals surface area (Å²) in [6, 6.07) is 2.42. The molecule has 2 rings (SSSR count). The lowest BCUT2D eigenvalue weighted by atomic mass is 10.1. The van der Waals surface area contributed by atoms with Crippen molar-refractivity contribution < 1.29 is 9.90 Å². The number of thiophene rings is 1. The Hall–Kier alpha value is -1.11. The summed E-state index contributed by atoms with van der Waals surface area (Å²) >= 11 is 1.85. The van der Waals surface area contributed by atoms with Gasteiger partial charge in [-0.25, -0.2) is 4.79 Å². The van der Waals surface area contributed by atoms with Gasteiger partial charge in [-0.15, -0.1) is 11.3 Å². The Balaban J connectivity index is 1.67. The Labute approximate surface area is 136 Å². The van der Waals surface area contributed by atoms with Crippen LogP contribution in [0, 0.1) is 5.92 Å². The molecule has 3 N–H and O–H groups in total. The number of rotatable bonds is 7. The van der Waals surface area contributed by atoms with Crippen molar-refractivity contribution in [3.05, 3.63) is 21.9 Å². The van der Waals surface area contributed by atoms with Crippen molar-refractivity contribution in [1.29, 1.82) is 0 Å². The third-order valence-corrected chi connectivity index (χ3v) is 5.27. The summed E-state index contributed by atoms with van der Waals surface area (Å²) in [5.74, 6) is 0.298. The van der Waals surface area contributed by atoms with E-state index in [-0.39, 0.29) is 12.6 Å². The molecule has 0 saturated heterocycles. The maximum Gasteiger partial charge on any atom is 0.314 e. The molecule has 22 heavy (non-hydrogen) atoms. The summed E-state index contributed by atoms with van der Waals surface area (Å²) in [7, 11) is 0. The quantitative estimate of drug-likeness (QED) is 0.716. The van der Waals surface area contributed by atoms with Crippen LogP contribution in [0.1, 0.15) is 30.7 Å². The van der Waals surface area contributed by atoms with Crippen LogP contribution in [0.3, 0.4) is 0 Å². The first kappa shape index (κ1) is 17.2. The second-order valence-corrected chi connectivity index (χ2v) is 7.15. The fourth-order valence-corrected chi connectivity index (χ4v) is 3.56. The monoisotopic (exact) mass is 325 g/mol. The smallest absolute Gasteiger partial charge is 0.314 e. The summed E-state index contributed by atoms with van der Waals surface area (Å²) in [4.78, 5) is 15.7. The van der Waals surface area contributed by atoms with Crippen molar-refractivity contribution in [1.82, 2.24) is 15.5 Å². The predicted octanol–water partition coefficient (Wildman–Crippen LogP) is 1.81. The molecule has 0 fully saturated rings. The highest BCUT2D eigenvalue weighted by Gasteiger charge is 2.21. The average molecular weight is 325 g/mol. The van der Waals surface area contributed by atoms with Gasteiger partial charge < -0.3 is 15.7 Å². The highest BCUT2D eigenvalue weighted by Crippen LogP contribution is 2.24. The molecule has 0 aromatic carbocycles. The van der Waals surface area contributed by atoms with E-state index in [4.69, 9.17) is 5.11 Å². The number of aliphatic hydroxyl groups is 1. The van der Waals surface area contributed by atoms with Gasteiger partial charge in [0, 0.05) is 43.7 Å². The van der Waals surface area contributed by atoms with Crippen LogP contribution in [-0.2, 0) is 13.0 Å². The standard InChI is InChI=1S/C16H27N3O2S/c1-12(4-7-20)9-17-16(21)18-10-13(2)19-6-3-15-14(11-19)5-8-22-15/h5,8,12-13,20H,3-4,6-7,9-11H2,1-2H3,(H2,17,18,21). The number of hydrogen-bond acceptors (Lipinski definition) is 4. The molecule has 1 aliphatic rings. The van der Waals surface area contributed by atoms with E-state index in [2.05, 4.69) is 33.9 Å². The fourth-order valence-electron chi connectivity index (χ4n) is 2.67. The average Bonchev–Trinajstić information content (AvgIpc) is 2.98. The van der Waals surface area contributed by atoms with E-state index in [1.165, 1.54) is 10.4 Å². The lowest BCUT2D eigenvalue weighted by molar-refractivity contribution is 0.185. The van der Waals surface area contributed by atoms with Gasteiger partial charge in [0.25, 0.3) is 0 Å². The fraction of sp³-hybridized carbons (Fsp3) is 0.688. The van der Waals surface area contributed by atoms with E-state index in [0.29, 0.717) is 31.5 Å². The Morgan fingerprint density at radius 1 is 1.41 bits per heavy atom. The topological polar surface area (TPSA) is 64.6 Å². The number of fused-ring (bicyclic) bond motifs is 1. The molecule has 0 bridgehead atoms. The molecule has 124 valence electrons. The van der Waals surface area contributed by atoms with Gasteiger partial charge >= 0.3 is 6.03 Å². The molecule has 0 spiro atoms. The van der Waals surface area contributed by atoms with E-state index < -0.39 is 0 Å². The third-order valence-electron chi connectivity index (χ3n) is 4.25. The van der Waals surface area contributed by atoms with Crippen LogP contribution in [0.2, 0.25) is 0 Å². The first-order valence-electron chi connectivity index (χ1n) is 8.02. The highest BCUT2D eigenvalue weighted by atomic mass is 32.1. The molecular formula is C16H27N3O2S. The molecule has 2 amide bonds. The summed E-state index contributed by atoms with van der Waals surface area (Å²) in [5.41, 5.74) is 1.44. The number of hydrogen-bond donors (Lipinski definition) is 3. The first-order chi connectivity index (χ1) is 10.6. The summed E-state index contributed by atoms with van der Waals surface area (Å²) < 4.78 is 0. The molecule has 2 unspecified atom stereocenters. The molecule has 1 aromatic heterocycles. The van der Waals surface area contributed by atoms with Crippen LogP contribution in [0.25, 0.3) is 0 Å². The first-order valence-corrected chi connectivity index (χ1v) is 8.90. The molecule has 1 aromatic rings. The van der Waals surface area contributed by atoms with Crippen LogP contribution in [0.15, 0.2) is 11.4 Å². The number of carbonyl (C=O) groups is 1. The lowest BCUT2D eigenvalue weighted by Crippen LogP contribution is -2.47. The lowest BCUT2D eigenvalue weighted by Gasteiger charge is -2.32. The molecular weight excluding hydrogens is 298 g/mol. The zero-order chi connectivity index (χ0) is 15.9. The van der Waals surface area contributed by atoms with Crippen LogP contribution in [-0.4, -0.2) is 48.3 Å². The zero-order valence-electron chi connectivity index (χ0n) is 13.5. The number of urea groups is 1. The van der Waals surface area contributed by atoms with E-state index >= 15 is 0 Å². The largest absolute Gasteiger partial charge is 0.396 e. The van der Waals surface area contributed by atoms with Crippen molar-refractivity contribution in [2.24, 2.45) is 5.92 Å². The van der Waals surface area contributed by atoms with Crippen LogP contribution in [0.5, 0.6) is 0 Å². The Bertz CT molecular complexity index is 478. The molecule has 0 aliphatic carbocycles. The number of amides is 2. The summed E-state index contributed by atoms with van der Waals surface area (Å²) in [6.45, 7) is 7.64. The zero-order valence-corrected chi connectivity index (χ0v) is 14.3. The third kappa shape index (κ3) is 4.97. The van der Waals surface area contributed by atoms with Gasteiger partial charge in [0.2, 0.25) is 0 Å². The minimum Gasteiger partial charge on any atom is -0.396 e. The van der Waals surface area contributed by atoms with Crippen molar-refractivity contribution >= 4 is 17.4 Å². The van der Waals surface area contributed by atoms with Crippen molar-refractivity contribution in [2.75, 3.05) is 26.2 Å².